The molecule has 0 aliphatic rings. The highest BCUT2D eigenvalue weighted by Gasteiger charge is 2.18. The number of nitrogens with zero attached hydrogens (tertiary/aromatic N) is 1. The maximum atomic E-state index is 14.2. The molecule has 1 aromatic heterocycles. The molecule has 0 atom stereocenters. The van der Waals surface area contributed by atoms with Gasteiger partial charge in [-0.25, -0.2) is 14.2 Å². The average Bonchev–Trinajstić information content (AvgIpc) is 3.24. The van der Waals surface area contributed by atoms with Gasteiger partial charge in [0.1, 0.15) is 12.2 Å². The van der Waals surface area contributed by atoms with Crippen LogP contribution in [-0.2, 0) is 14.2 Å². The van der Waals surface area contributed by atoms with Crippen LogP contribution >= 0.6 is 11.3 Å². The van der Waals surface area contributed by atoms with Crippen molar-refractivity contribution in [3.8, 4) is 17.0 Å². The molecule has 0 spiro atoms. The Kier molecular flexibility index (Phi) is 15.2. The van der Waals surface area contributed by atoms with Crippen molar-refractivity contribution in [3.05, 3.63) is 34.2 Å². The van der Waals surface area contributed by atoms with E-state index >= 15 is 0 Å². The molecule has 1 heterocycles. The largest absolute Gasteiger partial charge is 0.487 e. The van der Waals surface area contributed by atoms with E-state index in [0.717, 1.165) is 30.7 Å². The van der Waals surface area contributed by atoms with Crippen molar-refractivity contribution >= 4 is 17.4 Å². The maximum Gasteiger partial charge on any atom is 0.407 e. The second-order valence-electron chi connectivity index (χ2n) is 8.85. The van der Waals surface area contributed by atoms with E-state index in [4.69, 9.17) is 18.9 Å². The van der Waals surface area contributed by atoms with E-state index in [1.807, 2.05) is 6.92 Å². The number of carbonyl (C=O) groups excluding carboxylic acids is 1. The van der Waals surface area contributed by atoms with Crippen LogP contribution in [0.4, 0.5) is 13.6 Å². The number of halogens is 2. The topological polar surface area (TPSA) is 78.9 Å². The van der Waals surface area contributed by atoms with Gasteiger partial charge in [-0.3, -0.25) is 0 Å². The Morgan fingerprint density at radius 3 is 2.36 bits per heavy atom. The minimum absolute atomic E-state index is 0.0168. The van der Waals surface area contributed by atoms with Crippen LogP contribution < -0.4 is 10.1 Å². The van der Waals surface area contributed by atoms with Crippen LogP contribution in [0.2, 0.25) is 0 Å². The molecule has 2 aromatic rings. The quantitative estimate of drug-likeness (QED) is 0.297. The van der Waals surface area contributed by atoms with Gasteiger partial charge in [-0.2, -0.15) is 4.39 Å². The third-order valence-electron chi connectivity index (χ3n) is 4.32. The van der Waals surface area contributed by atoms with Gasteiger partial charge >= 0.3 is 6.09 Å². The number of aromatic nitrogens is 1. The zero-order chi connectivity index (χ0) is 27.0. The second kappa shape index (κ2) is 17.2. The van der Waals surface area contributed by atoms with Crippen LogP contribution in [-0.4, -0.2) is 56.3 Å². The Balaban J connectivity index is 0.000000697. The standard InChI is InChI=1S/C19H24F2N2O4S.C7H16O/c1-12-23-15(11-28-12)13-5-6-14(20)16(21)17(13)26-10-9-25-8-7-22-18(24)27-19(2,3)4;1-3-5-7-8-6-4-2/h5-6,11H,7-10H2,1-4H3,(H,22,24);3-7H2,1-2H3. The van der Waals surface area contributed by atoms with E-state index in [0.29, 0.717) is 11.3 Å². The van der Waals surface area contributed by atoms with Crippen LogP contribution in [0.15, 0.2) is 17.5 Å². The average molecular weight is 531 g/mol. The van der Waals surface area contributed by atoms with E-state index in [2.05, 4.69) is 24.1 Å². The van der Waals surface area contributed by atoms with Crippen molar-refractivity contribution in [2.75, 3.05) is 39.6 Å². The van der Waals surface area contributed by atoms with Gasteiger partial charge in [0.2, 0.25) is 5.82 Å². The van der Waals surface area contributed by atoms with Crippen molar-refractivity contribution in [1.29, 1.82) is 0 Å². The minimum atomic E-state index is -1.06. The fraction of sp³-hybridized carbons (Fsp3) is 0.615. The highest BCUT2D eigenvalue weighted by molar-refractivity contribution is 7.09. The number of carbonyl (C=O) groups is 1. The van der Waals surface area contributed by atoms with Gasteiger partial charge in [-0.05, 0) is 52.7 Å². The predicted octanol–water partition coefficient (Wildman–Crippen LogP) is 6.53. The second-order valence-corrected chi connectivity index (χ2v) is 9.91. The SMILES string of the molecule is CCCCOCCC.Cc1nc(-c2ccc(F)c(F)c2OCCOCCNC(=O)OC(C)(C)C)cs1. The number of amides is 1. The minimum Gasteiger partial charge on any atom is -0.487 e. The molecule has 10 heteroatoms. The molecule has 1 amide bonds. The highest BCUT2D eigenvalue weighted by Crippen LogP contribution is 2.34. The third kappa shape index (κ3) is 13.1. The van der Waals surface area contributed by atoms with Gasteiger partial charge in [-0.1, -0.05) is 20.3 Å². The molecular formula is C26H40F2N2O5S. The van der Waals surface area contributed by atoms with E-state index in [1.165, 1.54) is 30.2 Å². The van der Waals surface area contributed by atoms with Gasteiger partial charge in [0.15, 0.2) is 11.6 Å². The molecule has 1 N–H and O–H groups in total. The smallest absolute Gasteiger partial charge is 0.407 e. The van der Waals surface area contributed by atoms with Crippen molar-refractivity contribution < 1.29 is 32.5 Å². The summed E-state index contributed by atoms with van der Waals surface area (Å²) in [7, 11) is 0. The molecule has 7 nitrogen and oxygen atoms in total. The summed E-state index contributed by atoms with van der Waals surface area (Å²) in [6.45, 7) is 14.0. The van der Waals surface area contributed by atoms with Crippen molar-refractivity contribution in [2.24, 2.45) is 0 Å². The first-order valence-electron chi connectivity index (χ1n) is 12.2. The van der Waals surface area contributed by atoms with E-state index in [9.17, 15) is 13.6 Å². The number of unbranched alkanes of at least 4 members (excludes halogenated alkanes) is 1. The fourth-order valence-electron chi connectivity index (χ4n) is 2.70. The van der Waals surface area contributed by atoms with Gasteiger partial charge in [-0.15, -0.1) is 11.3 Å². The fourth-order valence-corrected chi connectivity index (χ4v) is 3.31. The lowest BCUT2D eigenvalue weighted by atomic mass is 10.1. The molecule has 2 rings (SSSR count). The van der Waals surface area contributed by atoms with E-state index in [1.54, 1.807) is 26.2 Å². The molecule has 0 bridgehead atoms. The van der Waals surface area contributed by atoms with Gasteiger partial charge in [0, 0.05) is 30.7 Å². The van der Waals surface area contributed by atoms with Gasteiger partial charge in [0.05, 0.1) is 23.9 Å². The molecule has 0 unspecified atom stereocenters. The number of rotatable bonds is 13. The highest BCUT2D eigenvalue weighted by atomic mass is 32.1. The first-order valence-corrected chi connectivity index (χ1v) is 13.1. The van der Waals surface area contributed by atoms with Crippen LogP contribution in [0, 0.1) is 18.6 Å². The van der Waals surface area contributed by atoms with Crippen LogP contribution in [0.1, 0.15) is 58.9 Å². The number of hydrogen-bond acceptors (Lipinski definition) is 7. The number of aryl methyl sites for hydroxylation is 1. The summed E-state index contributed by atoms with van der Waals surface area (Å²) >= 11 is 1.41. The monoisotopic (exact) mass is 530 g/mol. The number of benzene rings is 1. The summed E-state index contributed by atoms with van der Waals surface area (Å²) in [5.74, 6) is -2.25. The molecule has 0 saturated carbocycles. The maximum absolute atomic E-state index is 14.2. The number of hydrogen-bond donors (Lipinski definition) is 1. The molecule has 0 fully saturated rings. The first-order chi connectivity index (χ1) is 17.1. The van der Waals surface area contributed by atoms with Gasteiger partial charge in [0.25, 0.3) is 0 Å². The Bertz CT molecular complexity index is 897. The van der Waals surface area contributed by atoms with E-state index in [-0.39, 0.29) is 32.1 Å². The predicted molar refractivity (Wildman–Crippen MR) is 139 cm³/mol. The molecule has 0 saturated heterocycles. The Hall–Kier alpha value is -2.30. The Labute approximate surface area is 217 Å². The van der Waals surface area contributed by atoms with Crippen molar-refractivity contribution in [1.82, 2.24) is 10.3 Å². The molecule has 36 heavy (non-hydrogen) atoms. The Morgan fingerprint density at radius 2 is 1.75 bits per heavy atom. The molecule has 0 aliphatic heterocycles. The van der Waals surface area contributed by atoms with Gasteiger partial charge < -0.3 is 24.3 Å². The third-order valence-corrected chi connectivity index (χ3v) is 5.10. The Morgan fingerprint density at radius 1 is 1.03 bits per heavy atom. The van der Waals surface area contributed by atoms with Crippen molar-refractivity contribution in [3.63, 3.8) is 0 Å². The van der Waals surface area contributed by atoms with Crippen LogP contribution in [0.25, 0.3) is 11.3 Å². The van der Waals surface area contributed by atoms with E-state index < -0.39 is 23.3 Å². The summed E-state index contributed by atoms with van der Waals surface area (Å²) in [4.78, 5) is 15.8. The molecule has 0 radical (unpaired) electrons. The lowest BCUT2D eigenvalue weighted by Crippen LogP contribution is -2.34. The number of nitrogens with one attached hydrogen (secondary N) is 1. The molecule has 204 valence electrons. The zero-order valence-electron chi connectivity index (χ0n) is 22.2. The summed E-state index contributed by atoms with van der Waals surface area (Å²) < 4.78 is 48.8. The normalized spacial score (nSPS) is 11.0. The summed E-state index contributed by atoms with van der Waals surface area (Å²) in [6.07, 6.45) is 3.06. The summed E-state index contributed by atoms with van der Waals surface area (Å²) in [6, 6.07) is 2.49. The number of ether oxygens (including phenoxy) is 4. The molecule has 1 aromatic carbocycles. The van der Waals surface area contributed by atoms with Crippen LogP contribution in [0.5, 0.6) is 5.75 Å². The molecule has 0 aliphatic carbocycles. The summed E-state index contributed by atoms with van der Waals surface area (Å²) in [5.41, 5.74) is 0.343. The van der Waals surface area contributed by atoms with Crippen molar-refractivity contribution in [2.45, 2.75) is 66.4 Å². The zero-order valence-corrected chi connectivity index (χ0v) is 23.1. The summed E-state index contributed by atoms with van der Waals surface area (Å²) in [5, 5.41) is 5.12. The lowest BCUT2D eigenvalue weighted by Gasteiger charge is -2.19. The lowest BCUT2D eigenvalue weighted by molar-refractivity contribution is 0.0488. The number of thiazole rings is 1. The first kappa shape index (κ1) is 31.7. The van der Waals surface area contributed by atoms with Crippen LogP contribution in [0.3, 0.4) is 0 Å². The number of alkyl carbamates (subject to hydrolysis) is 1. The molecular weight excluding hydrogens is 490 g/mol.